The number of nitrogens with zero attached hydrogens (tertiary/aromatic N) is 1. The summed E-state index contributed by atoms with van der Waals surface area (Å²) < 4.78 is 0.918. The van der Waals surface area contributed by atoms with Crippen LogP contribution in [-0.2, 0) is 0 Å². The Balaban J connectivity index is 1.76. The van der Waals surface area contributed by atoms with Gasteiger partial charge in [0.2, 0.25) is 0 Å². The SMILES string of the molecule is NC1CCC2CN(C(=O)c3ccc(Cl)c(I)c3)CC12. The maximum atomic E-state index is 12.5. The van der Waals surface area contributed by atoms with Crippen LogP contribution in [0.2, 0.25) is 5.02 Å². The van der Waals surface area contributed by atoms with Crippen LogP contribution >= 0.6 is 34.2 Å². The van der Waals surface area contributed by atoms with Crippen molar-refractivity contribution in [1.29, 1.82) is 0 Å². The van der Waals surface area contributed by atoms with E-state index in [0.29, 0.717) is 16.9 Å². The molecule has 1 aromatic carbocycles. The Morgan fingerprint density at radius 3 is 2.84 bits per heavy atom. The molecule has 19 heavy (non-hydrogen) atoms. The molecule has 1 heterocycles. The first kappa shape index (κ1) is 13.6. The van der Waals surface area contributed by atoms with Gasteiger partial charge in [-0.3, -0.25) is 4.79 Å². The fourth-order valence-corrected chi connectivity index (χ4v) is 3.92. The van der Waals surface area contributed by atoms with E-state index in [9.17, 15) is 4.79 Å². The number of carbonyl (C=O) groups excluding carboxylic acids is 1. The fraction of sp³-hybridized carbons (Fsp3) is 0.500. The largest absolute Gasteiger partial charge is 0.338 e. The smallest absolute Gasteiger partial charge is 0.253 e. The molecule has 2 fully saturated rings. The van der Waals surface area contributed by atoms with E-state index in [2.05, 4.69) is 22.6 Å². The molecule has 1 aromatic rings. The maximum absolute atomic E-state index is 12.5. The fourth-order valence-electron chi connectivity index (χ4n) is 3.29. The monoisotopic (exact) mass is 390 g/mol. The highest BCUT2D eigenvalue weighted by Gasteiger charge is 2.42. The molecule has 0 bridgehead atoms. The van der Waals surface area contributed by atoms with Crippen molar-refractivity contribution in [2.24, 2.45) is 17.6 Å². The van der Waals surface area contributed by atoms with Crippen LogP contribution in [0.4, 0.5) is 0 Å². The van der Waals surface area contributed by atoms with Gasteiger partial charge in [-0.1, -0.05) is 11.6 Å². The average Bonchev–Trinajstić information content (AvgIpc) is 2.95. The van der Waals surface area contributed by atoms with Crippen molar-refractivity contribution in [3.8, 4) is 0 Å². The number of rotatable bonds is 1. The molecule has 3 rings (SSSR count). The van der Waals surface area contributed by atoms with Gasteiger partial charge < -0.3 is 10.6 Å². The number of likely N-dealkylation sites (tertiary alicyclic amines) is 1. The first-order chi connectivity index (χ1) is 9.06. The van der Waals surface area contributed by atoms with Crippen molar-refractivity contribution in [1.82, 2.24) is 4.90 Å². The second-order valence-electron chi connectivity index (χ2n) is 5.50. The molecular weight excluding hydrogens is 375 g/mol. The lowest BCUT2D eigenvalue weighted by molar-refractivity contribution is 0.0779. The summed E-state index contributed by atoms with van der Waals surface area (Å²) in [6.07, 6.45) is 2.27. The number of hydrogen-bond donors (Lipinski definition) is 1. The van der Waals surface area contributed by atoms with E-state index >= 15 is 0 Å². The lowest BCUT2D eigenvalue weighted by Crippen LogP contribution is -2.33. The highest BCUT2D eigenvalue weighted by Crippen LogP contribution is 2.37. The Morgan fingerprint density at radius 2 is 2.16 bits per heavy atom. The van der Waals surface area contributed by atoms with Crippen LogP contribution in [0.5, 0.6) is 0 Å². The van der Waals surface area contributed by atoms with Crippen LogP contribution in [0.25, 0.3) is 0 Å². The number of fused-ring (bicyclic) bond motifs is 1. The van der Waals surface area contributed by atoms with Gasteiger partial charge in [0.25, 0.3) is 5.91 Å². The van der Waals surface area contributed by atoms with Crippen LogP contribution in [0.15, 0.2) is 18.2 Å². The van der Waals surface area contributed by atoms with Crippen LogP contribution < -0.4 is 5.73 Å². The number of amides is 1. The molecular formula is C14H16ClIN2O. The van der Waals surface area contributed by atoms with Gasteiger partial charge in [0.1, 0.15) is 0 Å². The van der Waals surface area contributed by atoms with Crippen LogP contribution in [0, 0.1) is 15.4 Å². The van der Waals surface area contributed by atoms with E-state index < -0.39 is 0 Å². The van der Waals surface area contributed by atoms with Gasteiger partial charge in [-0.2, -0.15) is 0 Å². The zero-order chi connectivity index (χ0) is 13.6. The molecule has 0 spiro atoms. The summed E-state index contributed by atoms with van der Waals surface area (Å²) in [5.41, 5.74) is 6.83. The molecule has 1 saturated carbocycles. The van der Waals surface area contributed by atoms with Gasteiger partial charge in [-0.15, -0.1) is 0 Å². The highest BCUT2D eigenvalue weighted by molar-refractivity contribution is 14.1. The Labute approximate surface area is 131 Å². The third-order valence-electron chi connectivity index (χ3n) is 4.37. The molecule has 1 aliphatic heterocycles. The minimum Gasteiger partial charge on any atom is -0.338 e. The predicted molar refractivity (Wildman–Crippen MR) is 84.3 cm³/mol. The molecule has 3 atom stereocenters. The third-order valence-corrected chi connectivity index (χ3v) is 5.91. The highest BCUT2D eigenvalue weighted by atomic mass is 127. The second-order valence-corrected chi connectivity index (χ2v) is 7.07. The van der Waals surface area contributed by atoms with Crippen LogP contribution in [0.1, 0.15) is 23.2 Å². The number of nitrogens with two attached hydrogens (primary N) is 1. The van der Waals surface area contributed by atoms with E-state index in [1.54, 1.807) is 12.1 Å². The van der Waals surface area contributed by atoms with Crippen LogP contribution in [-0.4, -0.2) is 29.9 Å². The molecule has 102 valence electrons. The minimum atomic E-state index is 0.108. The summed E-state index contributed by atoms with van der Waals surface area (Å²) in [6, 6.07) is 5.73. The Morgan fingerprint density at radius 1 is 1.37 bits per heavy atom. The molecule has 0 radical (unpaired) electrons. The third kappa shape index (κ3) is 2.50. The lowest BCUT2D eigenvalue weighted by atomic mass is 9.98. The Kier molecular flexibility index (Phi) is 3.75. The Bertz CT molecular complexity index is 522. The van der Waals surface area contributed by atoms with Gasteiger partial charge in [0, 0.05) is 28.3 Å². The molecule has 1 aliphatic carbocycles. The van der Waals surface area contributed by atoms with Gasteiger partial charge in [0.05, 0.1) is 5.02 Å². The first-order valence-electron chi connectivity index (χ1n) is 6.56. The summed E-state index contributed by atoms with van der Waals surface area (Å²) in [7, 11) is 0. The van der Waals surface area contributed by atoms with Gasteiger partial charge in [-0.25, -0.2) is 0 Å². The quantitative estimate of drug-likeness (QED) is 0.750. The van der Waals surface area contributed by atoms with Crippen molar-refractivity contribution in [2.75, 3.05) is 13.1 Å². The van der Waals surface area contributed by atoms with E-state index in [1.807, 2.05) is 11.0 Å². The summed E-state index contributed by atoms with van der Waals surface area (Å²) in [5, 5.41) is 0.692. The van der Waals surface area contributed by atoms with Crippen molar-refractivity contribution in [3.05, 3.63) is 32.4 Å². The number of carbonyl (C=O) groups is 1. The van der Waals surface area contributed by atoms with E-state index in [-0.39, 0.29) is 11.9 Å². The predicted octanol–water partition coefficient (Wildman–Crippen LogP) is 2.75. The number of hydrogen-bond acceptors (Lipinski definition) is 2. The zero-order valence-corrected chi connectivity index (χ0v) is 13.4. The number of benzene rings is 1. The number of halogens is 2. The van der Waals surface area contributed by atoms with Crippen molar-refractivity contribution < 1.29 is 4.79 Å². The van der Waals surface area contributed by atoms with Gasteiger partial charge in [-0.05, 0) is 65.5 Å². The Hall–Kier alpha value is -0.330. The first-order valence-corrected chi connectivity index (χ1v) is 8.02. The molecule has 3 unspecified atom stereocenters. The molecule has 0 aromatic heterocycles. The molecule has 1 saturated heterocycles. The summed E-state index contributed by atoms with van der Waals surface area (Å²) in [6.45, 7) is 1.67. The topological polar surface area (TPSA) is 46.3 Å². The van der Waals surface area contributed by atoms with Gasteiger partial charge >= 0.3 is 0 Å². The van der Waals surface area contributed by atoms with E-state index in [1.165, 1.54) is 0 Å². The van der Waals surface area contributed by atoms with E-state index in [0.717, 1.165) is 35.1 Å². The average molecular weight is 391 g/mol. The molecule has 2 aliphatic rings. The van der Waals surface area contributed by atoms with E-state index in [4.69, 9.17) is 17.3 Å². The maximum Gasteiger partial charge on any atom is 0.253 e. The van der Waals surface area contributed by atoms with Crippen LogP contribution in [0.3, 0.4) is 0 Å². The molecule has 1 amide bonds. The zero-order valence-electron chi connectivity index (χ0n) is 10.5. The van der Waals surface area contributed by atoms with Crippen molar-refractivity contribution in [3.63, 3.8) is 0 Å². The minimum absolute atomic E-state index is 0.108. The van der Waals surface area contributed by atoms with Crippen molar-refractivity contribution >= 4 is 40.1 Å². The molecule has 2 N–H and O–H groups in total. The van der Waals surface area contributed by atoms with Crippen molar-refractivity contribution in [2.45, 2.75) is 18.9 Å². The summed E-state index contributed by atoms with van der Waals surface area (Å²) >= 11 is 8.15. The second kappa shape index (κ2) is 5.22. The summed E-state index contributed by atoms with van der Waals surface area (Å²) in [4.78, 5) is 14.4. The summed E-state index contributed by atoms with van der Waals surface area (Å²) in [5.74, 6) is 1.21. The lowest BCUT2D eigenvalue weighted by Gasteiger charge is -2.19. The molecule has 5 heteroatoms. The normalized spacial score (nSPS) is 29.6. The standard InChI is InChI=1S/C14H16ClIN2O/c15-11-3-1-8(5-12(11)16)14(19)18-6-9-2-4-13(17)10(9)7-18/h1,3,5,9-10,13H,2,4,6-7,17H2. The molecule has 3 nitrogen and oxygen atoms in total. The van der Waals surface area contributed by atoms with Gasteiger partial charge in [0.15, 0.2) is 0 Å².